The van der Waals surface area contributed by atoms with Crippen LogP contribution in [-0.4, -0.2) is 46.8 Å². The molecule has 1 aliphatic heterocycles. The van der Waals surface area contributed by atoms with Crippen molar-refractivity contribution in [1.82, 2.24) is 15.5 Å². The summed E-state index contributed by atoms with van der Waals surface area (Å²) in [6.07, 6.45) is -2.75. The van der Waals surface area contributed by atoms with Crippen molar-refractivity contribution in [3.8, 4) is 0 Å². The number of rotatable bonds is 7. The number of likely N-dealkylation sites (N-methyl/N-ethyl adjacent to an activating group) is 1. The molecular weight excluding hydrogens is 490 g/mol. The monoisotopic (exact) mass is 513 g/mol. The molecule has 8 nitrogen and oxygen atoms in total. The van der Waals surface area contributed by atoms with E-state index < -0.39 is 53.9 Å². The third-order valence-electron chi connectivity index (χ3n) is 5.37. The van der Waals surface area contributed by atoms with E-state index in [-0.39, 0.29) is 43.0 Å². The number of carboxylic acid groups (broad SMARTS) is 1. The van der Waals surface area contributed by atoms with Gasteiger partial charge in [-0.2, -0.15) is 13.2 Å². The van der Waals surface area contributed by atoms with E-state index in [1.807, 2.05) is 0 Å². The summed E-state index contributed by atoms with van der Waals surface area (Å²) in [4.78, 5) is 49.2. The Labute approximate surface area is 228 Å². The summed E-state index contributed by atoms with van der Waals surface area (Å²) in [5.74, 6) is -2.54. The fourth-order valence-corrected chi connectivity index (χ4v) is 3.66. The average molecular weight is 513 g/mol. The van der Waals surface area contributed by atoms with E-state index >= 15 is 0 Å². The molecule has 0 saturated carbocycles. The number of alkyl halides is 3. The minimum absolute atomic E-state index is 0. The largest absolute Gasteiger partial charge is 1.00 e. The molecule has 0 aliphatic carbocycles. The van der Waals surface area contributed by atoms with Crippen LogP contribution in [0.1, 0.15) is 36.1 Å². The molecule has 0 saturated heterocycles. The van der Waals surface area contributed by atoms with Crippen LogP contribution in [0.25, 0.3) is 0 Å². The van der Waals surface area contributed by atoms with Crippen LogP contribution in [-0.2, 0) is 27.0 Å². The normalized spacial score (nSPS) is 16.2. The number of aliphatic carboxylic acids is 1. The first-order valence-electron chi connectivity index (χ1n) is 10.5. The summed E-state index contributed by atoms with van der Waals surface area (Å²) < 4.78 is 40.0. The number of ketones is 1. The first kappa shape index (κ1) is 29.1. The van der Waals surface area contributed by atoms with Gasteiger partial charge in [0.1, 0.15) is 0 Å². The number of hydrogen-bond donors (Lipinski definition) is 3. The maximum absolute atomic E-state index is 13.3. The number of halogens is 3. The second kappa shape index (κ2) is 12.2. The Hall–Kier alpha value is -3.15. The number of benzene rings is 2. The standard InChI is InChI=1S/C24H22F3N3O5.Na.H/c1-30-10-9-19(31)21(22(30)34)29-23(35)28-18(13-20(32)33)16-7-4-5-14(12-16)11-15-6-2-3-8-17(15)24(25,26)27;;/h2-10,12,18,21H,11,13H2,1H3,(H,32,33)(H2,28,29,35);;/q;+1;-1/t18-,21?;;/m0../s1. The predicted molar refractivity (Wildman–Crippen MR) is 119 cm³/mol. The van der Waals surface area contributed by atoms with Crippen molar-refractivity contribution in [3.05, 3.63) is 83.1 Å². The van der Waals surface area contributed by atoms with Crippen LogP contribution < -0.4 is 40.2 Å². The van der Waals surface area contributed by atoms with Crippen molar-refractivity contribution >= 4 is 23.7 Å². The van der Waals surface area contributed by atoms with Crippen molar-refractivity contribution in [3.63, 3.8) is 0 Å². The fourth-order valence-electron chi connectivity index (χ4n) is 3.66. The number of amides is 3. The Morgan fingerprint density at radius 2 is 1.83 bits per heavy atom. The molecule has 1 aliphatic rings. The van der Waals surface area contributed by atoms with Crippen molar-refractivity contribution in [1.29, 1.82) is 0 Å². The third-order valence-corrected chi connectivity index (χ3v) is 5.37. The summed E-state index contributed by atoms with van der Waals surface area (Å²) in [7, 11) is 1.41. The topological polar surface area (TPSA) is 116 Å². The van der Waals surface area contributed by atoms with E-state index in [9.17, 15) is 37.5 Å². The van der Waals surface area contributed by atoms with Crippen LogP contribution in [0.2, 0.25) is 0 Å². The van der Waals surface area contributed by atoms with E-state index in [1.165, 1.54) is 43.6 Å². The molecule has 1 heterocycles. The SMILES string of the molecule is CN1C=CC(=O)C(NC(=O)N[C@@H](CC(=O)O)c2cccc(Cc3ccccc3C(F)(F)F)c2)C1=O.[H-].[Na+]. The van der Waals surface area contributed by atoms with Gasteiger partial charge in [0, 0.05) is 19.3 Å². The number of urea groups is 1. The van der Waals surface area contributed by atoms with Crippen molar-refractivity contribution in [2.75, 3.05) is 7.05 Å². The van der Waals surface area contributed by atoms with Gasteiger partial charge in [0.05, 0.1) is 18.0 Å². The Balaban J connectivity index is 0.00000342. The molecule has 12 heteroatoms. The van der Waals surface area contributed by atoms with E-state index in [0.29, 0.717) is 11.1 Å². The quantitative estimate of drug-likeness (QED) is 0.360. The summed E-state index contributed by atoms with van der Waals surface area (Å²) >= 11 is 0. The average Bonchev–Trinajstić information content (AvgIpc) is 2.78. The molecule has 0 fully saturated rings. The second-order valence-corrected chi connectivity index (χ2v) is 7.95. The minimum Gasteiger partial charge on any atom is -1.00 e. The molecule has 1 unspecified atom stereocenters. The van der Waals surface area contributed by atoms with E-state index in [0.717, 1.165) is 17.0 Å². The van der Waals surface area contributed by atoms with Gasteiger partial charge >= 0.3 is 47.7 Å². The van der Waals surface area contributed by atoms with Gasteiger partial charge in [-0.25, -0.2) is 4.79 Å². The predicted octanol–water partition coefficient (Wildman–Crippen LogP) is 0.151. The summed E-state index contributed by atoms with van der Waals surface area (Å²) in [5, 5.41) is 14.0. The number of hydrogen-bond acceptors (Lipinski definition) is 4. The van der Waals surface area contributed by atoms with Crippen molar-refractivity contribution in [2.24, 2.45) is 0 Å². The van der Waals surface area contributed by atoms with E-state index in [1.54, 1.807) is 12.1 Å². The van der Waals surface area contributed by atoms with Crippen LogP contribution in [0.15, 0.2) is 60.8 Å². The third kappa shape index (κ3) is 7.42. The molecule has 2 aromatic rings. The summed E-state index contributed by atoms with van der Waals surface area (Å²) in [6.45, 7) is 0. The van der Waals surface area contributed by atoms with Gasteiger partial charge in [-0.05, 0) is 29.2 Å². The van der Waals surface area contributed by atoms with Crippen LogP contribution in [0.3, 0.4) is 0 Å². The van der Waals surface area contributed by atoms with Crippen LogP contribution in [0.5, 0.6) is 0 Å². The Bertz CT molecular complexity index is 1190. The molecule has 0 radical (unpaired) electrons. The number of nitrogens with one attached hydrogen (secondary N) is 2. The summed E-state index contributed by atoms with van der Waals surface area (Å²) in [6, 6.07) is 7.83. The fraction of sp³-hybridized carbons (Fsp3) is 0.250. The maximum atomic E-state index is 13.3. The zero-order valence-electron chi connectivity index (χ0n) is 20.5. The Morgan fingerprint density at radius 1 is 1.14 bits per heavy atom. The molecule has 0 bridgehead atoms. The van der Waals surface area contributed by atoms with Gasteiger partial charge in [0.15, 0.2) is 11.8 Å². The van der Waals surface area contributed by atoms with Gasteiger partial charge in [-0.3, -0.25) is 14.4 Å². The van der Waals surface area contributed by atoms with Crippen LogP contribution >= 0.6 is 0 Å². The maximum Gasteiger partial charge on any atom is 1.00 e. The molecule has 2 atom stereocenters. The molecule has 3 rings (SSSR count). The van der Waals surface area contributed by atoms with Crippen molar-refractivity contribution in [2.45, 2.75) is 31.1 Å². The Morgan fingerprint density at radius 3 is 2.50 bits per heavy atom. The van der Waals surface area contributed by atoms with Gasteiger partial charge in [-0.1, -0.05) is 42.5 Å². The molecule has 3 amide bonds. The molecule has 0 spiro atoms. The van der Waals surface area contributed by atoms with E-state index in [4.69, 9.17) is 0 Å². The zero-order valence-corrected chi connectivity index (χ0v) is 21.5. The van der Waals surface area contributed by atoms with Gasteiger partial charge < -0.3 is 22.1 Å². The smallest absolute Gasteiger partial charge is 1.00 e. The second-order valence-electron chi connectivity index (χ2n) is 7.95. The van der Waals surface area contributed by atoms with Crippen molar-refractivity contribution < 1.29 is 68.4 Å². The molecule has 36 heavy (non-hydrogen) atoms. The van der Waals surface area contributed by atoms with Gasteiger partial charge in [-0.15, -0.1) is 0 Å². The molecule has 186 valence electrons. The number of nitrogens with zero attached hydrogens (tertiary/aromatic N) is 1. The number of carbonyl (C=O) groups is 4. The van der Waals surface area contributed by atoms with Gasteiger partial charge in [0.25, 0.3) is 5.91 Å². The zero-order chi connectivity index (χ0) is 25.8. The van der Waals surface area contributed by atoms with Crippen LogP contribution in [0.4, 0.5) is 18.0 Å². The summed E-state index contributed by atoms with van der Waals surface area (Å²) in [5.41, 5.74) is 0.0824. The Kier molecular flexibility index (Phi) is 9.85. The molecule has 3 N–H and O–H groups in total. The first-order valence-corrected chi connectivity index (χ1v) is 10.5. The first-order chi connectivity index (χ1) is 16.5. The molecule has 0 aromatic heterocycles. The molecule has 2 aromatic carbocycles. The number of carbonyl (C=O) groups excluding carboxylic acids is 3. The van der Waals surface area contributed by atoms with Gasteiger partial charge in [0.2, 0.25) is 0 Å². The van der Waals surface area contributed by atoms with Crippen LogP contribution in [0, 0.1) is 0 Å². The number of carboxylic acids is 1. The van der Waals surface area contributed by atoms with E-state index in [2.05, 4.69) is 10.6 Å². The minimum atomic E-state index is -4.53. The molecular formula is C24H23F3N3NaO5.